The van der Waals surface area contributed by atoms with E-state index >= 15 is 0 Å². The summed E-state index contributed by atoms with van der Waals surface area (Å²) in [6.07, 6.45) is 0. The second-order valence-corrected chi connectivity index (χ2v) is 5.30. The topological polar surface area (TPSA) is 90.3 Å². The molecule has 0 heterocycles. The monoisotopic (exact) mass is 354 g/mol. The number of nitro groups is 1. The first-order valence-corrected chi connectivity index (χ1v) is 7.09. The zero-order chi connectivity index (χ0) is 17.0. The zero-order valence-electron chi connectivity index (χ0n) is 11.5. The van der Waals surface area contributed by atoms with Gasteiger partial charge in [0.05, 0.1) is 9.95 Å². The Morgan fingerprint density at radius 2 is 2.04 bits per heavy atom. The van der Waals surface area contributed by atoms with Crippen LogP contribution in [0.15, 0.2) is 36.4 Å². The van der Waals surface area contributed by atoms with Crippen molar-refractivity contribution in [2.24, 2.45) is 0 Å². The number of benzene rings is 2. The number of rotatable bonds is 4. The number of halogens is 2. The standard InChI is InChI=1S/C14H11ClFN3O3S/c15-11-6-9(1-3-12(11)16)18-14(23)17-7-8-5-10(19(21)22)2-4-13(8)20/h1-6,20H,7H2,(H2,17,18,23)/p-1. The highest BCUT2D eigenvalue weighted by Crippen LogP contribution is 2.21. The Morgan fingerprint density at radius 3 is 2.70 bits per heavy atom. The van der Waals surface area contributed by atoms with Crippen LogP contribution in [0.2, 0.25) is 5.02 Å². The van der Waals surface area contributed by atoms with Crippen LogP contribution in [0.4, 0.5) is 15.8 Å². The average molecular weight is 355 g/mol. The van der Waals surface area contributed by atoms with Gasteiger partial charge in [0.15, 0.2) is 5.11 Å². The maximum absolute atomic E-state index is 13.1. The molecule has 0 aliphatic carbocycles. The molecule has 23 heavy (non-hydrogen) atoms. The van der Waals surface area contributed by atoms with Gasteiger partial charge in [-0.15, -0.1) is 5.75 Å². The van der Waals surface area contributed by atoms with E-state index in [0.717, 1.165) is 12.1 Å². The van der Waals surface area contributed by atoms with Crippen molar-refractivity contribution >= 4 is 40.3 Å². The molecule has 6 nitrogen and oxygen atoms in total. The summed E-state index contributed by atoms with van der Waals surface area (Å²) < 4.78 is 13.1. The first kappa shape index (κ1) is 16.9. The van der Waals surface area contributed by atoms with E-state index < -0.39 is 10.7 Å². The van der Waals surface area contributed by atoms with Gasteiger partial charge in [0.25, 0.3) is 5.69 Å². The Hall–Kier alpha value is -2.45. The summed E-state index contributed by atoms with van der Waals surface area (Å²) in [6.45, 7) is 0.0152. The Kier molecular flexibility index (Phi) is 5.30. The van der Waals surface area contributed by atoms with E-state index in [2.05, 4.69) is 10.6 Å². The van der Waals surface area contributed by atoms with Gasteiger partial charge in [-0.2, -0.15) is 0 Å². The average Bonchev–Trinajstić information content (AvgIpc) is 2.50. The summed E-state index contributed by atoms with van der Waals surface area (Å²) in [5.41, 5.74) is 0.501. The molecule has 2 aromatic carbocycles. The molecule has 0 atom stereocenters. The van der Waals surface area contributed by atoms with Crippen LogP contribution in [0.25, 0.3) is 0 Å². The molecule has 0 radical (unpaired) electrons. The fourth-order valence-corrected chi connectivity index (χ4v) is 2.11. The summed E-state index contributed by atoms with van der Waals surface area (Å²) in [6, 6.07) is 7.45. The molecule has 0 aliphatic heterocycles. The van der Waals surface area contributed by atoms with Crippen LogP contribution in [0, 0.1) is 15.9 Å². The van der Waals surface area contributed by atoms with Crippen molar-refractivity contribution in [2.45, 2.75) is 6.54 Å². The Morgan fingerprint density at radius 1 is 1.30 bits per heavy atom. The number of non-ortho nitro benzene ring substituents is 1. The van der Waals surface area contributed by atoms with E-state index in [1.165, 1.54) is 24.3 Å². The molecule has 9 heteroatoms. The highest BCUT2D eigenvalue weighted by Gasteiger charge is 2.07. The lowest BCUT2D eigenvalue weighted by molar-refractivity contribution is -0.385. The molecule has 0 saturated heterocycles. The third-order valence-corrected chi connectivity index (χ3v) is 3.41. The third-order valence-electron chi connectivity index (χ3n) is 2.87. The molecule has 0 aromatic heterocycles. The predicted octanol–water partition coefficient (Wildman–Crippen LogP) is 2.95. The lowest BCUT2D eigenvalue weighted by Crippen LogP contribution is -2.28. The minimum atomic E-state index is -0.583. The quantitative estimate of drug-likeness (QED) is 0.498. The van der Waals surface area contributed by atoms with Gasteiger partial charge >= 0.3 is 0 Å². The van der Waals surface area contributed by atoms with E-state index in [-0.39, 0.29) is 33.7 Å². The fourth-order valence-electron chi connectivity index (χ4n) is 1.74. The summed E-state index contributed by atoms with van der Waals surface area (Å²) >= 11 is 10.7. The Balaban J connectivity index is 2.00. The zero-order valence-corrected chi connectivity index (χ0v) is 13.1. The highest BCUT2D eigenvalue weighted by molar-refractivity contribution is 7.80. The molecule has 0 aliphatic rings. The molecule has 2 N–H and O–H groups in total. The van der Waals surface area contributed by atoms with Crippen molar-refractivity contribution in [3.05, 3.63) is 62.9 Å². The molecule has 0 unspecified atom stereocenters. The maximum Gasteiger partial charge on any atom is 0.269 e. The SMILES string of the molecule is O=[N+]([O-])c1ccc([O-])c(CNC(=S)Nc2ccc(F)c(Cl)c2)c1. The van der Waals surface area contributed by atoms with Crippen LogP contribution in [0.3, 0.4) is 0 Å². The van der Waals surface area contributed by atoms with Gasteiger partial charge in [0.2, 0.25) is 0 Å². The minimum absolute atomic E-state index is 0.0152. The lowest BCUT2D eigenvalue weighted by Gasteiger charge is -2.15. The molecular formula is C14H10ClFN3O3S-. The maximum atomic E-state index is 13.1. The van der Waals surface area contributed by atoms with E-state index in [4.69, 9.17) is 23.8 Å². The van der Waals surface area contributed by atoms with Crippen molar-refractivity contribution in [2.75, 3.05) is 5.32 Å². The molecule has 0 bridgehead atoms. The van der Waals surface area contributed by atoms with Crippen LogP contribution >= 0.6 is 23.8 Å². The second kappa shape index (κ2) is 7.21. The number of nitrogens with one attached hydrogen (secondary N) is 2. The minimum Gasteiger partial charge on any atom is -0.872 e. The van der Waals surface area contributed by atoms with Gasteiger partial charge in [0.1, 0.15) is 5.82 Å². The molecule has 0 amide bonds. The van der Waals surface area contributed by atoms with Crippen LogP contribution in [0.5, 0.6) is 5.75 Å². The van der Waals surface area contributed by atoms with Crippen LogP contribution < -0.4 is 15.7 Å². The van der Waals surface area contributed by atoms with Crippen LogP contribution in [-0.4, -0.2) is 10.0 Å². The first-order valence-electron chi connectivity index (χ1n) is 6.31. The highest BCUT2D eigenvalue weighted by atomic mass is 35.5. The lowest BCUT2D eigenvalue weighted by atomic mass is 10.2. The van der Waals surface area contributed by atoms with Gasteiger partial charge < -0.3 is 15.7 Å². The molecule has 0 saturated carbocycles. The summed E-state index contributed by atoms with van der Waals surface area (Å²) in [5, 5.41) is 28.0. The number of thiocarbonyl (C=S) groups is 1. The van der Waals surface area contributed by atoms with Crippen molar-refractivity contribution < 1.29 is 14.4 Å². The number of hydrogen-bond acceptors (Lipinski definition) is 4. The fraction of sp³-hybridized carbons (Fsp3) is 0.0714. The first-order chi connectivity index (χ1) is 10.9. The molecule has 120 valence electrons. The van der Waals surface area contributed by atoms with E-state index in [1.54, 1.807) is 0 Å². The van der Waals surface area contributed by atoms with Crippen molar-refractivity contribution in [3.8, 4) is 5.75 Å². The molecule has 0 fully saturated rings. The molecule has 2 aromatic rings. The van der Waals surface area contributed by atoms with Gasteiger partial charge in [-0.1, -0.05) is 17.7 Å². The van der Waals surface area contributed by atoms with Crippen LogP contribution in [-0.2, 0) is 6.54 Å². The largest absolute Gasteiger partial charge is 0.872 e. The van der Waals surface area contributed by atoms with Crippen LogP contribution in [0.1, 0.15) is 5.56 Å². The Bertz CT molecular complexity index is 773. The summed E-state index contributed by atoms with van der Waals surface area (Å²) in [4.78, 5) is 10.1. The number of anilines is 1. The number of hydrogen-bond donors (Lipinski definition) is 2. The van der Waals surface area contributed by atoms with Crippen molar-refractivity contribution in [3.63, 3.8) is 0 Å². The third kappa shape index (κ3) is 4.51. The van der Waals surface area contributed by atoms with Gasteiger partial charge in [-0.3, -0.25) is 10.1 Å². The molecule has 0 spiro atoms. The summed E-state index contributed by atoms with van der Waals surface area (Å²) in [7, 11) is 0. The van der Waals surface area contributed by atoms with Gasteiger partial charge in [0, 0.05) is 24.4 Å². The van der Waals surface area contributed by atoms with Crippen molar-refractivity contribution in [1.29, 1.82) is 0 Å². The molecular weight excluding hydrogens is 345 g/mol. The summed E-state index contributed by atoms with van der Waals surface area (Å²) in [5.74, 6) is -0.889. The predicted molar refractivity (Wildman–Crippen MR) is 87.0 cm³/mol. The van der Waals surface area contributed by atoms with Crippen molar-refractivity contribution in [1.82, 2.24) is 5.32 Å². The van der Waals surface area contributed by atoms with E-state index in [0.29, 0.717) is 5.69 Å². The number of nitro benzene ring substituents is 1. The molecule has 2 rings (SSSR count). The Labute approximate surface area is 141 Å². The van der Waals surface area contributed by atoms with Gasteiger partial charge in [-0.25, -0.2) is 4.39 Å². The second-order valence-electron chi connectivity index (χ2n) is 4.49. The van der Waals surface area contributed by atoms with E-state index in [9.17, 15) is 19.6 Å². The normalized spacial score (nSPS) is 10.2. The number of nitrogens with zero attached hydrogens (tertiary/aromatic N) is 1. The van der Waals surface area contributed by atoms with Gasteiger partial charge in [-0.05, 0) is 36.0 Å². The van der Waals surface area contributed by atoms with E-state index in [1.807, 2.05) is 0 Å². The smallest absolute Gasteiger partial charge is 0.269 e.